The number of hydrogen-bond donors (Lipinski definition) is 1. The maximum atomic E-state index is 4.62. The predicted molar refractivity (Wildman–Crippen MR) is 70.9 cm³/mol. The van der Waals surface area contributed by atoms with Gasteiger partial charge in [0.15, 0.2) is 0 Å². The number of rotatable bonds is 2. The number of nitrogens with zero attached hydrogens (tertiary/aromatic N) is 2. The number of likely N-dealkylation sites (tertiary alicyclic amines) is 1. The van der Waals surface area contributed by atoms with Crippen molar-refractivity contribution in [3.05, 3.63) is 30.1 Å². The molecule has 0 aliphatic carbocycles. The summed E-state index contributed by atoms with van der Waals surface area (Å²) in [5.41, 5.74) is 1.25. The summed E-state index contributed by atoms with van der Waals surface area (Å²) in [6.45, 7) is 6.57. The minimum atomic E-state index is 0.00901. The molecule has 0 amide bonds. The Kier molecular flexibility index (Phi) is 3.55. The summed E-state index contributed by atoms with van der Waals surface area (Å²) in [5, 5.41) is 0. The summed E-state index contributed by atoms with van der Waals surface area (Å²) in [6.07, 6.45) is 4.28. The number of thiol groups is 1. The topological polar surface area (TPSA) is 16.1 Å². The van der Waals surface area contributed by atoms with Gasteiger partial charge < -0.3 is 0 Å². The molecule has 1 aliphatic heterocycles. The van der Waals surface area contributed by atoms with Crippen LogP contribution in [0.15, 0.2) is 24.4 Å². The summed E-state index contributed by atoms with van der Waals surface area (Å²) in [7, 11) is 0. The molecule has 1 aromatic heterocycles. The van der Waals surface area contributed by atoms with Crippen LogP contribution in [-0.4, -0.2) is 27.8 Å². The van der Waals surface area contributed by atoms with E-state index >= 15 is 0 Å². The highest BCUT2D eigenvalue weighted by molar-refractivity contribution is 7.81. The Morgan fingerprint density at radius 2 is 2.00 bits per heavy atom. The third kappa shape index (κ3) is 2.77. The zero-order chi connectivity index (χ0) is 11.6. The van der Waals surface area contributed by atoms with E-state index in [1.165, 1.54) is 18.5 Å². The molecule has 16 heavy (non-hydrogen) atoms. The Balaban J connectivity index is 1.96. The van der Waals surface area contributed by atoms with Gasteiger partial charge in [0.1, 0.15) is 0 Å². The lowest BCUT2D eigenvalue weighted by Crippen LogP contribution is -2.44. The first-order valence-corrected chi connectivity index (χ1v) is 6.40. The summed E-state index contributed by atoms with van der Waals surface area (Å²) < 4.78 is 0. The van der Waals surface area contributed by atoms with Gasteiger partial charge in [-0.1, -0.05) is 6.07 Å². The molecule has 0 aromatic carbocycles. The van der Waals surface area contributed by atoms with Crippen LogP contribution >= 0.6 is 12.6 Å². The molecule has 2 rings (SSSR count). The summed E-state index contributed by atoms with van der Waals surface area (Å²) in [5.74, 6) is 0.633. The molecule has 1 fully saturated rings. The van der Waals surface area contributed by atoms with Crippen molar-refractivity contribution in [2.24, 2.45) is 0 Å². The Hall–Kier alpha value is -0.540. The first-order valence-electron chi connectivity index (χ1n) is 5.96. The van der Waals surface area contributed by atoms with Crippen molar-refractivity contribution in [1.82, 2.24) is 9.88 Å². The Morgan fingerprint density at radius 3 is 2.50 bits per heavy atom. The van der Waals surface area contributed by atoms with Crippen molar-refractivity contribution in [3.63, 3.8) is 0 Å². The fourth-order valence-corrected chi connectivity index (χ4v) is 2.54. The monoisotopic (exact) mass is 236 g/mol. The molecule has 0 radical (unpaired) electrons. The number of hydrogen-bond acceptors (Lipinski definition) is 3. The van der Waals surface area contributed by atoms with E-state index in [9.17, 15) is 0 Å². The van der Waals surface area contributed by atoms with Crippen LogP contribution in [0, 0.1) is 0 Å². The predicted octanol–water partition coefficient (Wildman–Crippen LogP) is 2.93. The molecule has 3 heteroatoms. The third-order valence-corrected chi connectivity index (χ3v) is 3.66. The quantitative estimate of drug-likeness (QED) is 0.795. The molecule has 88 valence electrons. The van der Waals surface area contributed by atoms with Gasteiger partial charge >= 0.3 is 0 Å². The van der Waals surface area contributed by atoms with Crippen molar-refractivity contribution in [1.29, 1.82) is 0 Å². The maximum Gasteiger partial charge on any atom is 0.0583 e. The Morgan fingerprint density at radius 1 is 1.31 bits per heavy atom. The normalized spacial score (nSPS) is 19.9. The molecule has 1 aliphatic rings. The first-order chi connectivity index (χ1) is 7.57. The van der Waals surface area contributed by atoms with Crippen molar-refractivity contribution >= 4 is 12.6 Å². The number of piperidine rings is 1. The first kappa shape index (κ1) is 11.9. The largest absolute Gasteiger partial charge is 0.290 e. The van der Waals surface area contributed by atoms with Crippen molar-refractivity contribution in [2.45, 2.75) is 37.5 Å². The van der Waals surface area contributed by atoms with Crippen LogP contribution in [0.3, 0.4) is 0 Å². The highest BCUT2D eigenvalue weighted by atomic mass is 32.1. The standard InChI is InChI=1S/C13H20N2S/c1-13(2,16)15-9-6-11(7-10-15)12-5-3-4-8-14-12/h3-5,8,11,16H,6-7,9-10H2,1-2H3. The van der Waals surface area contributed by atoms with E-state index in [0.29, 0.717) is 5.92 Å². The van der Waals surface area contributed by atoms with Gasteiger partial charge in [-0.2, -0.15) is 12.6 Å². The molecule has 0 spiro atoms. The van der Waals surface area contributed by atoms with E-state index in [0.717, 1.165) is 13.1 Å². The molecule has 1 aromatic rings. The second-order valence-corrected chi connectivity index (χ2v) is 6.10. The molecule has 0 bridgehead atoms. The molecule has 0 saturated carbocycles. The van der Waals surface area contributed by atoms with Gasteiger partial charge in [-0.15, -0.1) is 0 Å². The average molecular weight is 236 g/mol. The van der Waals surface area contributed by atoms with E-state index in [1.807, 2.05) is 12.3 Å². The van der Waals surface area contributed by atoms with Gasteiger partial charge in [-0.3, -0.25) is 9.88 Å². The molecular formula is C13H20N2S. The molecule has 2 heterocycles. The van der Waals surface area contributed by atoms with Gasteiger partial charge in [0.2, 0.25) is 0 Å². The SMILES string of the molecule is CC(C)(S)N1CCC(c2ccccn2)CC1. The molecule has 2 nitrogen and oxygen atoms in total. The zero-order valence-electron chi connectivity index (χ0n) is 10.1. The second kappa shape index (κ2) is 4.76. The van der Waals surface area contributed by atoms with Gasteiger partial charge in [-0.05, 0) is 38.8 Å². The van der Waals surface area contributed by atoms with Gasteiger partial charge in [-0.25, -0.2) is 0 Å². The van der Waals surface area contributed by atoms with E-state index < -0.39 is 0 Å². The molecular weight excluding hydrogens is 216 g/mol. The van der Waals surface area contributed by atoms with Crippen LogP contribution in [-0.2, 0) is 0 Å². The summed E-state index contributed by atoms with van der Waals surface area (Å²) in [6, 6.07) is 6.21. The minimum Gasteiger partial charge on any atom is -0.290 e. The van der Waals surface area contributed by atoms with E-state index in [1.54, 1.807) is 0 Å². The van der Waals surface area contributed by atoms with Crippen molar-refractivity contribution in [2.75, 3.05) is 13.1 Å². The van der Waals surface area contributed by atoms with E-state index in [-0.39, 0.29) is 4.87 Å². The highest BCUT2D eigenvalue weighted by Crippen LogP contribution is 2.31. The smallest absolute Gasteiger partial charge is 0.0583 e. The fourth-order valence-electron chi connectivity index (χ4n) is 2.34. The van der Waals surface area contributed by atoms with Crippen LogP contribution in [0.4, 0.5) is 0 Å². The molecule has 0 unspecified atom stereocenters. The maximum absolute atomic E-state index is 4.62. The van der Waals surface area contributed by atoms with Crippen LogP contribution < -0.4 is 0 Å². The van der Waals surface area contributed by atoms with Gasteiger partial charge in [0.25, 0.3) is 0 Å². The van der Waals surface area contributed by atoms with Crippen molar-refractivity contribution < 1.29 is 0 Å². The highest BCUT2D eigenvalue weighted by Gasteiger charge is 2.28. The second-order valence-electron chi connectivity index (χ2n) is 5.01. The molecule has 0 N–H and O–H groups in total. The summed E-state index contributed by atoms with van der Waals surface area (Å²) >= 11 is 4.62. The van der Waals surface area contributed by atoms with Crippen LogP contribution in [0.1, 0.15) is 38.3 Å². The van der Waals surface area contributed by atoms with Crippen LogP contribution in [0.2, 0.25) is 0 Å². The number of aromatic nitrogens is 1. The Bertz CT molecular complexity index is 324. The molecule has 1 saturated heterocycles. The summed E-state index contributed by atoms with van der Waals surface area (Å²) in [4.78, 5) is 6.90. The molecule has 0 atom stereocenters. The van der Waals surface area contributed by atoms with Crippen molar-refractivity contribution in [3.8, 4) is 0 Å². The Labute approximate surface area is 103 Å². The van der Waals surface area contributed by atoms with Gasteiger partial charge in [0.05, 0.1) is 4.87 Å². The lowest BCUT2D eigenvalue weighted by molar-refractivity contribution is 0.151. The average Bonchev–Trinajstić information content (AvgIpc) is 2.29. The fraction of sp³-hybridized carbons (Fsp3) is 0.615. The zero-order valence-corrected chi connectivity index (χ0v) is 11.0. The lowest BCUT2D eigenvalue weighted by Gasteiger charge is -2.39. The lowest BCUT2D eigenvalue weighted by atomic mass is 9.92. The third-order valence-electron chi connectivity index (χ3n) is 3.37. The van der Waals surface area contributed by atoms with Crippen LogP contribution in [0.5, 0.6) is 0 Å². The number of pyridine rings is 1. The minimum absolute atomic E-state index is 0.00901. The van der Waals surface area contributed by atoms with Crippen LogP contribution in [0.25, 0.3) is 0 Å². The van der Waals surface area contributed by atoms with E-state index in [2.05, 4.69) is 48.5 Å². The van der Waals surface area contributed by atoms with E-state index in [4.69, 9.17) is 0 Å². The van der Waals surface area contributed by atoms with Gasteiger partial charge in [0, 0.05) is 30.9 Å².